The van der Waals surface area contributed by atoms with E-state index in [1.54, 1.807) is 0 Å². The zero-order valence-electron chi connectivity index (χ0n) is 13.2. The summed E-state index contributed by atoms with van der Waals surface area (Å²) in [5.74, 6) is 0. The van der Waals surface area contributed by atoms with Gasteiger partial charge in [0.15, 0.2) is 0 Å². The summed E-state index contributed by atoms with van der Waals surface area (Å²) < 4.78 is 27.2. The maximum atomic E-state index is 12.3. The van der Waals surface area contributed by atoms with E-state index in [9.17, 15) is 8.42 Å². The molecule has 6 heteroatoms. The van der Waals surface area contributed by atoms with Crippen LogP contribution in [0.25, 0.3) is 10.9 Å². The van der Waals surface area contributed by atoms with E-state index in [-0.39, 0.29) is 4.90 Å². The minimum absolute atomic E-state index is 0.163. The van der Waals surface area contributed by atoms with E-state index in [1.807, 2.05) is 31.3 Å². The minimum atomic E-state index is -3.57. The highest BCUT2D eigenvalue weighted by molar-refractivity contribution is 7.89. The fourth-order valence-corrected chi connectivity index (χ4v) is 3.64. The number of hydrogen-bond donors (Lipinski definition) is 2. The van der Waals surface area contributed by atoms with Gasteiger partial charge in [-0.1, -0.05) is 11.6 Å². The maximum Gasteiger partial charge on any atom is 0.240 e. The molecule has 24 heavy (non-hydrogen) atoms. The molecule has 0 aliphatic heterocycles. The van der Waals surface area contributed by atoms with Crippen molar-refractivity contribution in [2.45, 2.75) is 18.2 Å². The van der Waals surface area contributed by atoms with E-state index in [0.717, 1.165) is 16.5 Å². The Morgan fingerprint density at radius 3 is 2.62 bits per heavy atom. The number of nitriles is 1. The lowest BCUT2D eigenvalue weighted by Crippen LogP contribution is -2.25. The Balaban J connectivity index is 1.70. The first-order chi connectivity index (χ1) is 11.5. The average Bonchev–Trinajstić information content (AvgIpc) is 2.97. The quantitative estimate of drug-likeness (QED) is 0.749. The summed E-state index contributed by atoms with van der Waals surface area (Å²) in [6, 6.07) is 14.0. The number of fused-ring (bicyclic) bond motifs is 1. The smallest absolute Gasteiger partial charge is 0.240 e. The molecule has 0 saturated heterocycles. The second-order valence-electron chi connectivity index (χ2n) is 5.65. The molecule has 0 saturated carbocycles. The molecule has 0 amide bonds. The summed E-state index contributed by atoms with van der Waals surface area (Å²) in [7, 11) is -3.57. The molecule has 5 nitrogen and oxygen atoms in total. The standard InChI is InChI=1S/C18H17N3O2S/c1-13-2-7-18-17(10-13)15(12-20-18)8-9-21-24(22,23)16-5-3-14(11-19)4-6-16/h2-7,10,12,20-21H,8-9H2,1H3. The summed E-state index contributed by atoms with van der Waals surface area (Å²) in [6.45, 7) is 2.34. The third-order valence-electron chi connectivity index (χ3n) is 3.90. The average molecular weight is 339 g/mol. The van der Waals surface area contributed by atoms with Gasteiger partial charge in [0.25, 0.3) is 0 Å². The van der Waals surface area contributed by atoms with Crippen LogP contribution in [0.2, 0.25) is 0 Å². The van der Waals surface area contributed by atoms with E-state index in [4.69, 9.17) is 5.26 Å². The Labute approximate surface area is 141 Å². The molecule has 1 heterocycles. The Hall–Kier alpha value is -2.62. The van der Waals surface area contributed by atoms with Crippen LogP contribution in [-0.4, -0.2) is 19.9 Å². The van der Waals surface area contributed by atoms with Gasteiger partial charge < -0.3 is 4.98 Å². The highest BCUT2D eigenvalue weighted by Gasteiger charge is 2.13. The van der Waals surface area contributed by atoms with E-state index >= 15 is 0 Å². The summed E-state index contributed by atoms with van der Waals surface area (Å²) in [5, 5.41) is 9.88. The molecule has 0 aliphatic rings. The Morgan fingerprint density at radius 1 is 1.17 bits per heavy atom. The number of benzene rings is 2. The number of aromatic amines is 1. The Morgan fingerprint density at radius 2 is 1.92 bits per heavy atom. The second kappa shape index (κ2) is 6.48. The third-order valence-corrected chi connectivity index (χ3v) is 5.38. The molecule has 0 radical (unpaired) electrons. The monoisotopic (exact) mass is 339 g/mol. The van der Waals surface area contributed by atoms with Gasteiger partial charge in [-0.25, -0.2) is 13.1 Å². The van der Waals surface area contributed by atoms with Crippen LogP contribution in [0.4, 0.5) is 0 Å². The number of nitrogens with zero attached hydrogens (tertiary/aromatic N) is 1. The number of sulfonamides is 1. The predicted molar refractivity (Wildman–Crippen MR) is 93.1 cm³/mol. The van der Waals surface area contributed by atoms with E-state index in [0.29, 0.717) is 18.5 Å². The molecule has 0 unspecified atom stereocenters. The molecule has 3 aromatic rings. The van der Waals surface area contributed by atoms with Gasteiger partial charge in [0, 0.05) is 23.6 Å². The van der Waals surface area contributed by atoms with Gasteiger partial charge in [-0.3, -0.25) is 0 Å². The minimum Gasteiger partial charge on any atom is -0.361 e. The molecule has 0 spiro atoms. The van der Waals surface area contributed by atoms with Crippen LogP contribution in [0, 0.1) is 18.3 Å². The van der Waals surface area contributed by atoms with Crippen molar-refractivity contribution in [2.24, 2.45) is 0 Å². The lowest BCUT2D eigenvalue weighted by atomic mass is 10.1. The van der Waals surface area contributed by atoms with E-state index in [1.165, 1.54) is 29.8 Å². The van der Waals surface area contributed by atoms with Crippen molar-refractivity contribution in [1.29, 1.82) is 5.26 Å². The number of aromatic nitrogens is 1. The molecule has 0 atom stereocenters. The number of nitrogens with one attached hydrogen (secondary N) is 2. The van der Waals surface area contributed by atoms with Gasteiger partial charge in [-0.15, -0.1) is 0 Å². The van der Waals surface area contributed by atoms with Gasteiger partial charge in [0.2, 0.25) is 10.0 Å². The normalized spacial score (nSPS) is 11.5. The topological polar surface area (TPSA) is 85.8 Å². The van der Waals surface area contributed by atoms with Crippen LogP contribution in [-0.2, 0) is 16.4 Å². The molecule has 2 aromatic carbocycles. The van der Waals surface area contributed by atoms with Crippen molar-refractivity contribution in [1.82, 2.24) is 9.71 Å². The highest BCUT2D eigenvalue weighted by atomic mass is 32.2. The summed E-state index contributed by atoms with van der Waals surface area (Å²) in [5.41, 5.74) is 3.73. The van der Waals surface area contributed by atoms with Gasteiger partial charge in [0.1, 0.15) is 0 Å². The summed E-state index contributed by atoms with van der Waals surface area (Å²) >= 11 is 0. The SMILES string of the molecule is Cc1ccc2[nH]cc(CCNS(=O)(=O)c3ccc(C#N)cc3)c2c1. The van der Waals surface area contributed by atoms with E-state index in [2.05, 4.69) is 15.8 Å². The zero-order valence-corrected chi connectivity index (χ0v) is 14.0. The van der Waals surface area contributed by atoms with Crippen molar-refractivity contribution < 1.29 is 8.42 Å². The fourth-order valence-electron chi connectivity index (χ4n) is 2.61. The predicted octanol–water partition coefficient (Wildman–Crippen LogP) is 2.87. The van der Waals surface area contributed by atoms with Crippen LogP contribution in [0.3, 0.4) is 0 Å². The molecular formula is C18H17N3O2S. The van der Waals surface area contributed by atoms with Gasteiger partial charge in [0.05, 0.1) is 16.5 Å². The first-order valence-electron chi connectivity index (χ1n) is 7.56. The summed E-state index contributed by atoms with van der Waals surface area (Å²) in [4.78, 5) is 3.36. The molecule has 0 bridgehead atoms. The highest BCUT2D eigenvalue weighted by Crippen LogP contribution is 2.20. The number of H-pyrrole nitrogens is 1. The number of rotatable bonds is 5. The first kappa shape index (κ1) is 16.2. The van der Waals surface area contributed by atoms with Crippen LogP contribution in [0.5, 0.6) is 0 Å². The van der Waals surface area contributed by atoms with Crippen molar-refractivity contribution >= 4 is 20.9 Å². The van der Waals surface area contributed by atoms with Crippen molar-refractivity contribution in [2.75, 3.05) is 6.54 Å². The molecule has 2 N–H and O–H groups in total. The third kappa shape index (κ3) is 3.32. The van der Waals surface area contributed by atoms with Gasteiger partial charge in [-0.05, 0) is 55.3 Å². The van der Waals surface area contributed by atoms with Gasteiger partial charge in [-0.2, -0.15) is 5.26 Å². The van der Waals surface area contributed by atoms with Crippen molar-refractivity contribution in [3.8, 4) is 6.07 Å². The maximum absolute atomic E-state index is 12.3. The molecule has 0 aliphatic carbocycles. The molecular weight excluding hydrogens is 322 g/mol. The van der Waals surface area contributed by atoms with Crippen LogP contribution in [0.15, 0.2) is 53.6 Å². The fraction of sp³-hybridized carbons (Fsp3) is 0.167. The molecule has 3 rings (SSSR count). The first-order valence-corrected chi connectivity index (χ1v) is 9.04. The number of hydrogen-bond acceptors (Lipinski definition) is 3. The Kier molecular flexibility index (Phi) is 4.38. The Bertz CT molecular complexity index is 1010. The molecule has 0 fully saturated rings. The van der Waals surface area contributed by atoms with Crippen LogP contribution in [0.1, 0.15) is 16.7 Å². The number of aryl methyl sites for hydroxylation is 1. The van der Waals surface area contributed by atoms with Crippen LogP contribution < -0.4 is 4.72 Å². The summed E-state index contributed by atoms with van der Waals surface area (Å²) in [6.07, 6.45) is 2.51. The van der Waals surface area contributed by atoms with Gasteiger partial charge >= 0.3 is 0 Å². The van der Waals surface area contributed by atoms with E-state index < -0.39 is 10.0 Å². The molecule has 122 valence electrons. The molecule has 1 aromatic heterocycles. The lowest BCUT2D eigenvalue weighted by molar-refractivity contribution is 0.581. The lowest BCUT2D eigenvalue weighted by Gasteiger charge is -2.06. The largest absolute Gasteiger partial charge is 0.361 e. The zero-order chi connectivity index (χ0) is 17.2. The van der Waals surface area contributed by atoms with Crippen molar-refractivity contribution in [3.63, 3.8) is 0 Å². The van der Waals surface area contributed by atoms with Crippen LogP contribution >= 0.6 is 0 Å². The second-order valence-corrected chi connectivity index (χ2v) is 7.41. The van der Waals surface area contributed by atoms with Crippen molar-refractivity contribution in [3.05, 3.63) is 65.4 Å².